The highest BCUT2D eigenvalue weighted by Crippen LogP contribution is 2.35. The molecule has 4 rings (SSSR count). The fraction of sp³-hybridized carbons (Fsp3) is 0.190. The van der Waals surface area contributed by atoms with E-state index in [0.717, 1.165) is 6.07 Å². The number of halogens is 2. The quantitative estimate of drug-likeness (QED) is 0.711. The lowest BCUT2D eigenvalue weighted by Gasteiger charge is -2.19. The van der Waals surface area contributed by atoms with Gasteiger partial charge in [0.15, 0.2) is 5.69 Å². The molecule has 7 nitrogen and oxygen atoms in total. The summed E-state index contributed by atoms with van der Waals surface area (Å²) < 4.78 is 39.5. The van der Waals surface area contributed by atoms with Crippen molar-refractivity contribution < 1.29 is 27.6 Å². The maximum absolute atomic E-state index is 14.6. The minimum absolute atomic E-state index is 0.114. The maximum Gasteiger partial charge on any atom is 0.332 e. The summed E-state index contributed by atoms with van der Waals surface area (Å²) in [7, 11) is 1.56. The molecule has 0 saturated carbocycles. The maximum atomic E-state index is 14.6. The highest BCUT2D eigenvalue weighted by atomic mass is 19.3. The van der Waals surface area contributed by atoms with Crippen LogP contribution in [-0.4, -0.2) is 36.7 Å². The van der Waals surface area contributed by atoms with E-state index in [-0.39, 0.29) is 17.9 Å². The number of benzene rings is 2. The van der Waals surface area contributed by atoms with Gasteiger partial charge in [-0.3, -0.25) is 9.59 Å². The number of nitrogens with zero attached hydrogens (tertiary/aromatic N) is 2. The predicted octanol–water partition coefficient (Wildman–Crippen LogP) is 2.97. The number of likely N-dealkylation sites (N-methyl/N-ethyl adjacent to an activating group) is 1. The summed E-state index contributed by atoms with van der Waals surface area (Å²) >= 11 is 0. The summed E-state index contributed by atoms with van der Waals surface area (Å²) in [5.41, 5.74) is -0.0943. The smallest absolute Gasteiger partial charge is 0.332 e. The Morgan fingerprint density at radius 3 is 2.63 bits per heavy atom. The van der Waals surface area contributed by atoms with Gasteiger partial charge in [-0.15, -0.1) is 0 Å². The second-order valence-electron chi connectivity index (χ2n) is 6.72. The fourth-order valence-corrected chi connectivity index (χ4v) is 3.11. The number of carbonyl (C=O) groups is 2. The van der Waals surface area contributed by atoms with Crippen LogP contribution in [0, 0.1) is 0 Å². The third kappa shape index (κ3) is 3.49. The number of rotatable bonds is 4. The standard InChI is InChI=1S/C21H17F2N3O4/c1-26-16-9-5-6-10-17(16)29-12-15(20(26)28)24-19(27)14-11-18(30-25-14)21(22,23)13-7-3-2-4-8-13/h2-11,15H,12H2,1H3,(H,24,27)/t15-/m0/s1. The number of aromatic nitrogens is 1. The number of fused-ring (bicyclic) bond motifs is 1. The van der Waals surface area contributed by atoms with Crippen LogP contribution in [-0.2, 0) is 10.7 Å². The first kappa shape index (κ1) is 19.6. The number of nitrogens with one attached hydrogen (secondary N) is 1. The van der Waals surface area contributed by atoms with E-state index in [0.29, 0.717) is 11.4 Å². The van der Waals surface area contributed by atoms with Gasteiger partial charge in [-0.1, -0.05) is 47.6 Å². The number of ether oxygens (including phenoxy) is 1. The van der Waals surface area contributed by atoms with Crippen LogP contribution in [0.4, 0.5) is 14.5 Å². The first-order valence-corrected chi connectivity index (χ1v) is 9.08. The lowest BCUT2D eigenvalue weighted by Crippen LogP contribution is -2.49. The average molecular weight is 413 g/mol. The van der Waals surface area contributed by atoms with Crippen molar-refractivity contribution in [1.29, 1.82) is 0 Å². The molecule has 1 aliphatic heterocycles. The van der Waals surface area contributed by atoms with E-state index in [2.05, 4.69) is 10.5 Å². The van der Waals surface area contributed by atoms with E-state index in [4.69, 9.17) is 9.26 Å². The van der Waals surface area contributed by atoms with E-state index in [9.17, 15) is 18.4 Å². The topological polar surface area (TPSA) is 84.7 Å². The molecule has 9 heteroatoms. The molecule has 2 amide bonds. The summed E-state index contributed by atoms with van der Waals surface area (Å²) in [6.45, 7) is -0.114. The van der Waals surface area contributed by atoms with E-state index >= 15 is 0 Å². The number of anilines is 1. The first-order valence-electron chi connectivity index (χ1n) is 9.08. The van der Waals surface area contributed by atoms with Crippen molar-refractivity contribution in [3.63, 3.8) is 0 Å². The van der Waals surface area contributed by atoms with Crippen molar-refractivity contribution in [2.75, 3.05) is 18.6 Å². The van der Waals surface area contributed by atoms with Gasteiger partial charge in [0.2, 0.25) is 5.76 Å². The Morgan fingerprint density at radius 1 is 1.17 bits per heavy atom. The summed E-state index contributed by atoms with van der Waals surface area (Å²) in [5, 5.41) is 5.92. The largest absolute Gasteiger partial charge is 0.489 e. The van der Waals surface area contributed by atoms with E-state index < -0.39 is 29.5 Å². The molecule has 3 aromatic rings. The Hall–Kier alpha value is -3.75. The molecule has 1 aliphatic rings. The van der Waals surface area contributed by atoms with E-state index in [1.165, 1.54) is 29.2 Å². The monoisotopic (exact) mass is 413 g/mol. The van der Waals surface area contributed by atoms with Crippen LogP contribution in [0.15, 0.2) is 65.2 Å². The van der Waals surface area contributed by atoms with Crippen LogP contribution >= 0.6 is 0 Å². The molecule has 0 bridgehead atoms. The van der Waals surface area contributed by atoms with Gasteiger partial charge in [-0.2, -0.15) is 8.78 Å². The fourth-order valence-electron chi connectivity index (χ4n) is 3.11. The second kappa shape index (κ2) is 7.58. The van der Waals surface area contributed by atoms with E-state index in [1.807, 2.05) is 0 Å². The number of hydrogen-bond acceptors (Lipinski definition) is 5. The lowest BCUT2D eigenvalue weighted by atomic mass is 10.1. The van der Waals surface area contributed by atoms with E-state index in [1.54, 1.807) is 37.4 Å². The Kier molecular flexibility index (Phi) is 4.94. The first-order chi connectivity index (χ1) is 14.4. The molecule has 0 aliphatic carbocycles. The molecule has 0 saturated heterocycles. The molecule has 30 heavy (non-hydrogen) atoms. The van der Waals surface area contributed by atoms with Gasteiger partial charge in [-0.05, 0) is 12.1 Å². The molecule has 1 atom stereocenters. The zero-order valence-electron chi connectivity index (χ0n) is 15.8. The molecule has 2 aromatic carbocycles. The molecule has 0 radical (unpaired) electrons. The van der Waals surface area contributed by atoms with Gasteiger partial charge in [0.1, 0.15) is 18.4 Å². The molecule has 0 fully saturated rings. The van der Waals surface area contributed by atoms with Gasteiger partial charge in [0.25, 0.3) is 11.8 Å². The van der Waals surface area contributed by atoms with Crippen LogP contribution < -0.4 is 15.0 Å². The number of amides is 2. The average Bonchev–Trinajstić information content (AvgIpc) is 3.24. The SMILES string of the molecule is CN1C(=O)[C@@H](NC(=O)c2cc(C(F)(F)c3ccccc3)on2)COc2ccccc21. The second-order valence-corrected chi connectivity index (χ2v) is 6.72. The van der Waals surface area contributed by atoms with Crippen molar-refractivity contribution in [3.05, 3.63) is 77.7 Å². The van der Waals surface area contributed by atoms with Crippen LogP contribution in [0.3, 0.4) is 0 Å². The van der Waals surface area contributed by atoms with Gasteiger partial charge in [0.05, 0.1) is 5.69 Å². The zero-order valence-corrected chi connectivity index (χ0v) is 15.8. The van der Waals surface area contributed by atoms with Crippen LogP contribution in [0.25, 0.3) is 0 Å². The summed E-state index contributed by atoms with van der Waals surface area (Å²) in [4.78, 5) is 26.6. The number of carbonyl (C=O) groups excluding carboxylic acids is 2. The molecule has 1 aromatic heterocycles. The number of alkyl halides is 2. The molecule has 2 heterocycles. The third-order valence-electron chi connectivity index (χ3n) is 4.75. The summed E-state index contributed by atoms with van der Waals surface area (Å²) in [5.74, 6) is -4.97. The minimum Gasteiger partial charge on any atom is -0.489 e. The van der Waals surface area contributed by atoms with Crippen molar-refractivity contribution in [2.24, 2.45) is 0 Å². The van der Waals surface area contributed by atoms with Crippen LogP contribution in [0.1, 0.15) is 21.8 Å². The van der Waals surface area contributed by atoms with Gasteiger partial charge >= 0.3 is 5.92 Å². The molecular weight excluding hydrogens is 396 g/mol. The van der Waals surface area contributed by atoms with Gasteiger partial charge in [0, 0.05) is 18.7 Å². The molecule has 0 spiro atoms. The summed E-state index contributed by atoms with van der Waals surface area (Å²) in [6.07, 6.45) is 0. The minimum atomic E-state index is -3.46. The van der Waals surface area contributed by atoms with Crippen molar-refractivity contribution in [2.45, 2.75) is 12.0 Å². The van der Waals surface area contributed by atoms with Crippen molar-refractivity contribution >= 4 is 17.5 Å². The molecule has 0 unspecified atom stereocenters. The van der Waals surface area contributed by atoms with Gasteiger partial charge < -0.3 is 19.5 Å². The zero-order chi connectivity index (χ0) is 21.3. The van der Waals surface area contributed by atoms with Crippen LogP contribution in [0.2, 0.25) is 0 Å². The van der Waals surface area contributed by atoms with Crippen molar-refractivity contribution in [1.82, 2.24) is 10.5 Å². The molecule has 154 valence electrons. The Balaban J connectivity index is 1.51. The normalized spacial score (nSPS) is 16.4. The molecule has 1 N–H and O–H groups in total. The summed E-state index contributed by atoms with van der Waals surface area (Å²) in [6, 6.07) is 13.8. The Morgan fingerprint density at radius 2 is 1.87 bits per heavy atom. The number of para-hydroxylation sites is 2. The number of hydrogen-bond donors (Lipinski definition) is 1. The lowest BCUT2D eigenvalue weighted by molar-refractivity contribution is -0.120. The predicted molar refractivity (Wildman–Crippen MR) is 103 cm³/mol. The Bertz CT molecular complexity index is 1080. The molecular formula is C21H17F2N3O4. The highest BCUT2D eigenvalue weighted by molar-refractivity contribution is 6.02. The third-order valence-corrected chi connectivity index (χ3v) is 4.75. The van der Waals surface area contributed by atoms with Gasteiger partial charge in [-0.25, -0.2) is 0 Å². The Labute approximate surface area is 170 Å². The van der Waals surface area contributed by atoms with Crippen LogP contribution in [0.5, 0.6) is 5.75 Å². The van der Waals surface area contributed by atoms with Crippen molar-refractivity contribution in [3.8, 4) is 5.75 Å². The highest BCUT2D eigenvalue weighted by Gasteiger charge is 2.39.